The van der Waals surface area contributed by atoms with Crippen LogP contribution in [0.15, 0.2) is 0 Å². The number of unbranched alkanes of at least 4 members (excludes halogenated alkanes) is 11. The summed E-state index contributed by atoms with van der Waals surface area (Å²) in [7, 11) is -4.84. The predicted octanol–water partition coefficient (Wildman–Crippen LogP) is 1.69. The van der Waals surface area contributed by atoms with Crippen LogP contribution in [-0.2, 0) is 24.4 Å². The number of rotatable bonds is 18. The average Bonchev–Trinajstić information content (AvgIpc) is 2.63. The van der Waals surface area contributed by atoms with Gasteiger partial charge in [0, 0.05) is 6.61 Å². The first kappa shape index (κ1) is 34.4. The van der Waals surface area contributed by atoms with Crippen molar-refractivity contribution in [2.24, 2.45) is 0 Å². The molecule has 0 aliphatic heterocycles. The van der Waals surface area contributed by atoms with E-state index in [0.717, 1.165) is 6.61 Å². The normalized spacial score (nSPS) is 11.7. The third-order valence-corrected chi connectivity index (χ3v) is 5.36. The Hall–Kier alpha value is -0.190. The summed E-state index contributed by atoms with van der Waals surface area (Å²) >= 11 is 0. The zero-order valence-electron chi connectivity index (χ0n) is 18.8. The quantitative estimate of drug-likeness (QED) is 0.121. The zero-order valence-corrected chi connectivity index (χ0v) is 21.7. The van der Waals surface area contributed by atoms with E-state index in [0.29, 0.717) is 0 Å². The second kappa shape index (κ2) is 23.5. The topological polar surface area (TPSA) is 138 Å². The summed E-state index contributed by atoms with van der Waals surface area (Å²) in [6.07, 6.45) is 15.7. The van der Waals surface area contributed by atoms with Crippen LogP contribution in [0.1, 0.15) is 97.3 Å². The number of hydrogen-bond acceptors (Lipinski definition) is 5. The Bertz CT molecular complexity index is 497. The van der Waals surface area contributed by atoms with Gasteiger partial charge in [-0.25, -0.2) is 6.61 Å². The number of ether oxygens (including phenoxy) is 1. The van der Waals surface area contributed by atoms with Gasteiger partial charge in [0.15, 0.2) is 5.25 Å². The van der Waals surface area contributed by atoms with Gasteiger partial charge in [-0.05, 0) is 6.42 Å². The Kier molecular flexibility index (Phi) is 26.9. The molecule has 0 aromatic rings. The van der Waals surface area contributed by atoms with Crippen LogP contribution in [-0.4, -0.2) is 47.0 Å². The van der Waals surface area contributed by atoms with Crippen LogP contribution in [0.3, 0.4) is 0 Å². The van der Waals surface area contributed by atoms with Crippen LogP contribution in [0.25, 0.3) is 0 Å². The van der Waals surface area contributed by atoms with E-state index in [4.69, 9.17) is 19.5 Å². The molecule has 8 nitrogen and oxygen atoms in total. The van der Waals surface area contributed by atoms with E-state index in [2.05, 4.69) is 6.92 Å². The van der Waals surface area contributed by atoms with E-state index in [-0.39, 0.29) is 29.6 Å². The molecule has 0 saturated heterocycles. The predicted molar refractivity (Wildman–Crippen MR) is 112 cm³/mol. The molecule has 0 rings (SSSR count). The number of carboxylic acid groups (broad SMARTS) is 2. The largest absolute Gasteiger partial charge is 1.00 e. The number of hydrogen-bond donors (Lipinski definition) is 3. The maximum absolute atomic E-state index is 10.2. The fourth-order valence-electron chi connectivity index (χ4n) is 2.62. The van der Waals surface area contributed by atoms with Gasteiger partial charge in [0.1, 0.15) is 0 Å². The van der Waals surface area contributed by atoms with Crippen molar-refractivity contribution in [2.45, 2.75) is 103 Å². The Morgan fingerprint density at radius 2 is 1.27 bits per heavy atom. The van der Waals surface area contributed by atoms with E-state index in [1.165, 1.54) is 77.0 Å². The van der Waals surface area contributed by atoms with Gasteiger partial charge in [-0.1, -0.05) is 77.6 Å². The molecule has 0 amide bonds. The first-order valence-corrected chi connectivity index (χ1v) is 12.0. The molecule has 0 aliphatic carbocycles. The molecule has 3 N–H and O–H groups in total. The third-order valence-electron chi connectivity index (χ3n) is 4.28. The van der Waals surface area contributed by atoms with Crippen molar-refractivity contribution in [3.8, 4) is 0 Å². The van der Waals surface area contributed by atoms with Crippen LogP contribution < -0.4 is 29.6 Å². The minimum Gasteiger partial charge on any atom is -0.552 e. The van der Waals surface area contributed by atoms with Gasteiger partial charge in [-0.3, -0.25) is 14.1 Å². The van der Waals surface area contributed by atoms with Crippen molar-refractivity contribution in [3.63, 3.8) is 0 Å². The maximum atomic E-state index is 10.2. The van der Waals surface area contributed by atoms with Crippen LogP contribution in [0.5, 0.6) is 0 Å². The van der Waals surface area contributed by atoms with E-state index in [1.54, 1.807) is 6.61 Å². The monoisotopic (exact) mass is 462 g/mol. The zero-order chi connectivity index (χ0) is 22.5. The molecule has 0 aliphatic rings. The summed E-state index contributed by atoms with van der Waals surface area (Å²) in [5.74, 6) is -3.50. The Morgan fingerprint density at radius 1 is 0.867 bits per heavy atom. The van der Waals surface area contributed by atoms with Crippen molar-refractivity contribution in [1.29, 1.82) is 0 Å². The Labute approximate surface area is 204 Å². The van der Waals surface area contributed by atoms with Crippen molar-refractivity contribution >= 4 is 22.1 Å². The van der Waals surface area contributed by atoms with Crippen LogP contribution in [0, 0.1) is 6.61 Å². The summed E-state index contributed by atoms with van der Waals surface area (Å²) in [5, 5.41) is 13.9. The maximum Gasteiger partial charge on any atom is 1.00 e. The molecule has 30 heavy (non-hydrogen) atoms. The molecule has 0 aromatic carbocycles. The number of carboxylic acids is 2. The molecule has 1 atom stereocenters. The van der Waals surface area contributed by atoms with Crippen LogP contribution >= 0.6 is 0 Å². The third kappa shape index (κ3) is 25.8. The molecule has 1 unspecified atom stereocenters. The summed E-state index contributed by atoms with van der Waals surface area (Å²) in [4.78, 5) is 20.0. The molecule has 0 radical (unpaired) electrons. The molecule has 0 spiro atoms. The molecule has 0 saturated carbocycles. The van der Waals surface area contributed by atoms with Gasteiger partial charge >= 0.3 is 41.5 Å². The summed E-state index contributed by atoms with van der Waals surface area (Å²) < 4.78 is 33.9. The molecule has 0 heterocycles. The average molecular weight is 463 g/mol. The van der Waals surface area contributed by atoms with Crippen LogP contribution in [0.2, 0.25) is 0 Å². The summed E-state index contributed by atoms with van der Waals surface area (Å²) in [5.41, 5.74) is 0. The molecule has 10 heteroatoms. The standard InChI is InChI=1S/C16H33O.C4H6O7S.Na/c1-3-5-6-7-8-9-10-11-12-13-14-15-16-17-4-2;5-3(6)1-2(4(7)8)12(9,10)11;/h4H,3,5-16H2,1-2H3;2H,1H2,(H,5,6)(H,7,8)(H,9,10,11);/q-1;;+1. The fraction of sp³-hybridized carbons (Fsp3) is 0.850. The van der Waals surface area contributed by atoms with Gasteiger partial charge in [0.05, 0.1) is 6.42 Å². The van der Waals surface area contributed by atoms with E-state index in [1.807, 2.05) is 6.92 Å². The van der Waals surface area contributed by atoms with Crippen LogP contribution in [0.4, 0.5) is 0 Å². The SMILES string of the molecule is C[CH-]OCCCCCCCCCCCCCC.O=C(O)CC(C(=O)O)S(=O)(=O)O.[Na+]. The van der Waals surface area contributed by atoms with Gasteiger partial charge in [0.25, 0.3) is 10.1 Å². The Balaban J connectivity index is -0.000000497. The van der Waals surface area contributed by atoms with Gasteiger partial charge < -0.3 is 14.9 Å². The van der Waals surface area contributed by atoms with Crippen molar-refractivity contribution in [3.05, 3.63) is 6.61 Å². The minimum atomic E-state index is -4.84. The molecule has 174 valence electrons. The second-order valence-corrected chi connectivity index (χ2v) is 8.53. The van der Waals surface area contributed by atoms with Crippen molar-refractivity contribution in [2.75, 3.05) is 6.61 Å². The smallest absolute Gasteiger partial charge is 0.552 e. The number of aliphatic carboxylic acids is 2. The summed E-state index contributed by atoms with van der Waals surface area (Å²) in [6.45, 7) is 6.93. The van der Waals surface area contributed by atoms with E-state index < -0.39 is 33.7 Å². The van der Waals surface area contributed by atoms with Crippen molar-refractivity contribution < 1.29 is 67.1 Å². The second-order valence-electron chi connectivity index (χ2n) is 6.94. The van der Waals surface area contributed by atoms with Gasteiger partial charge in [-0.15, -0.1) is 0 Å². The number of carbonyl (C=O) groups is 2. The van der Waals surface area contributed by atoms with Crippen molar-refractivity contribution in [1.82, 2.24) is 0 Å². The van der Waals surface area contributed by atoms with E-state index >= 15 is 0 Å². The minimum absolute atomic E-state index is 0. The fourth-order valence-corrected chi connectivity index (χ4v) is 3.23. The molecule has 0 aromatic heterocycles. The first-order valence-electron chi connectivity index (χ1n) is 10.5. The first-order chi connectivity index (χ1) is 13.7. The van der Waals surface area contributed by atoms with Gasteiger partial charge in [0.2, 0.25) is 0 Å². The Morgan fingerprint density at radius 3 is 1.53 bits per heavy atom. The molecule has 0 fully saturated rings. The van der Waals surface area contributed by atoms with E-state index in [9.17, 15) is 18.0 Å². The summed E-state index contributed by atoms with van der Waals surface area (Å²) in [6, 6.07) is 0. The van der Waals surface area contributed by atoms with Gasteiger partial charge in [-0.2, -0.15) is 15.3 Å². The molecular weight excluding hydrogens is 423 g/mol. The molecule has 0 bridgehead atoms. The molecular formula is C20H39NaO8S.